The van der Waals surface area contributed by atoms with E-state index in [1.54, 1.807) is 0 Å². The maximum Gasteiger partial charge on any atom is 0.407 e. The number of carbonyl (C=O) groups is 1. The summed E-state index contributed by atoms with van der Waals surface area (Å²) in [6.07, 6.45) is 5.54. The Labute approximate surface area is 197 Å². The van der Waals surface area contributed by atoms with Crippen LogP contribution in [0.2, 0.25) is 0 Å². The molecule has 1 aliphatic carbocycles. The third kappa shape index (κ3) is 6.01. The number of hydrogen-bond acceptors (Lipinski definition) is 4. The molecule has 2 aromatic carbocycles. The standard InChI is InChI=1S/C28H37NO4/c1-18-7-6-8-19(2)26(18)25-15-9-20-17-23(14-16-24(20)32-25)31-22-12-10-21(11-13-22)29-27(30)33-28(3,4)5/h6-8,14,16-17,21-22,25H,9-13,15H2,1-5H3,(H,29,30). The van der Waals surface area contributed by atoms with E-state index in [2.05, 4.69) is 49.5 Å². The predicted molar refractivity (Wildman–Crippen MR) is 130 cm³/mol. The van der Waals surface area contributed by atoms with Crippen molar-refractivity contribution in [2.75, 3.05) is 0 Å². The minimum atomic E-state index is -0.473. The van der Waals surface area contributed by atoms with Crippen molar-refractivity contribution in [3.8, 4) is 11.5 Å². The molecule has 178 valence electrons. The van der Waals surface area contributed by atoms with Crippen molar-refractivity contribution >= 4 is 6.09 Å². The van der Waals surface area contributed by atoms with Gasteiger partial charge in [-0.15, -0.1) is 0 Å². The molecule has 1 fully saturated rings. The SMILES string of the molecule is Cc1cccc(C)c1C1CCc2cc(OC3CCC(NC(=O)OC(C)(C)C)CC3)ccc2O1. The van der Waals surface area contributed by atoms with E-state index in [4.69, 9.17) is 14.2 Å². The molecule has 2 aromatic rings. The summed E-state index contributed by atoms with van der Waals surface area (Å²) in [7, 11) is 0. The van der Waals surface area contributed by atoms with Crippen molar-refractivity contribution in [3.05, 3.63) is 58.7 Å². The van der Waals surface area contributed by atoms with Gasteiger partial charge in [0.15, 0.2) is 0 Å². The van der Waals surface area contributed by atoms with E-state index in [-0.39, 0.29) is 24.3 Å². The molecule has 1 N–H and O–H groups in total. The average molecular weight is 452 g/mol. The normalized spacial score (nSPS) is 22.6. The van der Waals surface area contributed by atoms with Crippen molar-refractivity contribution in [1.82, 2.24) is 5.32 Å². The molecule has 1 saturated carbocycles. The Balaban J connectivity index is 1.31. The monoisotopic (exact) mass is 451 g/mol. The summed E-state index contributed by atoms with van der Waals surface area (Å²) in [5.41, 5.74) is 4.65. The molecule has 0 bridgehead atoms. The number of ether oxygens (including phenoxy) is 3. The van der Waals surface area contributed by atoms with E-state index < -0.39 is 5.60 Å². The quantitative estimate of drug-likeness (QED) is 0.570. The Morgan fingerprint density at radius 1 is 1.00 bits per heavy atom. The second kappa shape index (κ2) is 9.66. The van der Waals surface area contributed by atoms with E-state index in [1.807, 2.05) is 26.8 Å². The Kier molecular flexibility index (Phi) is 6.87. The molecule has 1 aliphatic heterocycles. The molecule has 0 saturated heterocycles. The van der Waals surface area contributed by atoms with Crippen molar-refractivity contribution in [2.45, 2.75) is 97.0 Å². The number of alkyl carbamates (subject to hydrolysis) is 1. The second-order valence-electron chi connectivity index (χ2n) is 10.5. The average Bonchev–Trinajstić information content (AvgIpc) is 2.74. The summed E-state index contributed by atoms with van der Waals surface area (Å²) >= 11 is 0. The van der Waals surface area contributed by atoms with E-state index in [1.165, 1.54) is 22.3 Å². The lowest BCUT2D eigenvalue weighted by molar-refractivity contribution is 0.0471. The van der Waals surface area contributed by atoms with Crippen molar-refractivity contribution in [3.63, 3.8) is 0 Å². The van der Waals surface area contributed by atoms with Gasteiger partial charge in [0.1, 0.15) is 23.2 Å². The van der Waals surface area contributed by atoms with Crippen LogP contribution in [0.5, 0.6) is 11.5 Å². The number of benzene rings is 2. The van der Waals surface area contributed by atoms with Crippen LogP contribution in [0.15, 0.2) is 36.4 Å². The molecule has 4 rings (SSSR count). The molecular weight excluding hydrogens is 414 g/mol. The third-order valence-corrected chi connectivity index (χ3v) is 6.54. The number of rotatable bonds is 4. The van der Waals surface area contributed by atoms with Crippen LogP contribution in [0.4, 0.5) is 4.79 Å². The van der Waals surface area contributed by atoms with Crippen LogP contribution < -0.4 is 14.8 Å². The number of fused-ring (bicyclic) bond motifs is 1. The number of nitrogens with one attached hydrogen (secondary N) is 1. The largest absolute Gasteiger partial charge is 0.490 e. The first-order valence-electron chi connectivity index (χ1n) is 12.2. The van der Waals surface area contributed by atoms with Gasteiger partial charge in [-0.3, -0.25) is 0 Å². The first-order chi connectivity index (χ1) is 15.7. The Morgan fingerprint density at radius 2 is 1.70 bits per heavy atom. The Bertz CT molecular complexity index is 966. The molecule has 1 amide bonds. The van der Waals surface area contributed by atoms with Gasteiger partial charge in [-0.25, -0.2) is 4.79 Å². The zero-order valence-electron chi connectivity index (χ0n) is 20.6. The molecule has 0 spiro atoms. The molecule has 5 heteroatoms. The van der Waals surface area contributed by atoms with E-state index in [0.29, 0.717) is 0 Å². The van der Waals surface area contributed by atoms with Gasteiger partial charge in [0, 0.05) is 6.04 Å². The second-order valence-corrected chi connectivity index (χ2v) is 10.5. The van der Waals surface area contributed by atoms with E-state index >= 15 is 0 Å². The predicted octanol–water partition coefficient (Wildman–Crippen LogP) is 6.58. The fourth-order valence-corrected chi connectivity index (χ4v) is 4.97. The van der Waals surface area contributed by atoms with Crippen molar-refractivity contribution in [1.29, 1.82) is 0 Å². The Hall–Kier alpha value is -2.69. The molecule has 5 nitrogen and oxygen atoms in total. The van der Waals surface area contributed by atoms with Gasteiger partial charge in [-0.05, 0) is 114 Å². The van der Waals surface area contributed by atoms with Crippen LogP contribution in [0, 0.1) is 13.8 Å². The van der Waals surface area contributed by atoms with Gasteiger partial charge in [0.05, 0.1) is 6.10 Å². The molecule has 0 aromatic heterocycles. The summed E-state index contributed by atoms with van der Waals surface area (Å²) in [5.74, 6) is 1.87. The molecule has 1 atom stereocenters. The summed E-state index contributed by atoms with van der Waals surface area (Å²) in [6.45, 7) is 9.96. The summed E-state index contributed by atoms with van der Waals surface area (Å²) in [5, 5.41) is 2.99. The Morgan fingerprint density at radius 3 is 2.36 bits per heavy atom. The van der Waals surface area contributed by atoms with Gasteiger partial charge in [0.2, 0.25) is 0 Å². The minimum Gasteiger partial charge on any atom is -0.490 e. The van der Waals surface area contributed by atoms with Gasteiger partial charge in [0.25, 0.3) is 0 Å². The maximum atomic E-state index is 12.0. The molecular formula is C28H37NO4. The van der Waals surface area contributed by atoms with Gasteiger partial charge < -0.3 is 19.5 Å². The maximum absolute atomic E-state index is 12.0. The van der Waals surface area contributed by atoms with Crippen LogP contribution >= 0.6 is 0 Å². The van der Waals surface area contributed by atoms with Crippen LogP contribution in [0.25, 0.3) is 0 Å². The van der Waals surface area contributed by atoms with Crippen LogP contribution in [-0.4, -0.2) is 23.8 Å². The third-order valence-electron chi connectivity index (χ3n) is 6.54. The fourth-order valence-electron chi connectivity index (χ4n) is 4.97. The van der Waals surface area contributed by atoms with Crippen LogP contribution in [0.3, 0.4) is 0 Å². The molecule has 2 aliphatic rings. The highest BCUT2D eigenvalue weighted by Gasteiger charge is 2.27. The zero-order chi connectivity index (χ0) is 23.6. The molecule has 1 heterocycles. The summed E-state index contributed by atoms with van der Waals surface area (Å²) in [4.78, 5) is 12.0. The lowest BCUT2D eigenvalue weighted by Crippen LogP contribution is -2.42. The summed E-state index contributed by atoms with van der Waals surface area (Å²) in [6, 6.07) is 12.8. The lowest BCUT2D eigenvalue weighted by Gasteiger charge is -2.31. The highest BCUT2D eigenvalue weighted by atomic mass is 16.6. The highest BCUT2D eigenvalue weighted by Crippen LogP contribution is 2.39. The van der Waals surface area contributed by atoms with Crippen molar-refractivity contribution in [2.24, 2.45) is 0 Å². The fraction of sp³-hybridized carbons (Fsp3) is 0.536. The number of carbonyl (C=O) groups excluding carboxylic acids is 1. The molecule has 1 unspecified atom stereocenters. The molecule has 33 heavy (non-hydrogen) atoms. The lowest BCUT2D eigenvalue weighted by atomic mass is 9.91. The highest BCUT2D eigenvalue weighted by molar-refractivity contribution is 5.68. The smallest absolute Gasteiger partial charge is 0.407 e. The first-order valence-corrected chi connectivity index (χ1v) is 12.2. The van der Waals surface area contributed by atoms with Gasteiger partial charge in [-0.1, -0.05) is 18.2 Å². The van der Waals surface area contributed by atoms with Crippen LogP contribution in [0.1, 0.15) is 81.2 Å². The number of amides is 1. The number of hydrogen-bond donors (Lipinski definition) is 1. The van der Waals surface area contributed by atoms with Crippen LogP contribution in [-0.2, 0) is 11.2 Å². The van der Waals surface area contributed by atoms with E-state index in [9.17, 15) is 4.79 Å². The molecule has 0 radical (unpaired) electrons. The van der Waals surface area contributed by atoms with Crippen molar-refractivity contribution < 1.29 is 19.0 Å². The zero-order valence-corrected chi connectivity index (χ0v) is 20.6. The van der Waals surface area contributed by atoms with Gasteiger partial charge in [-0.2, -0.15) is 0 Å². The van der Waals surface area contributed by atoms with Gasteiger partial charge >= 0.3 is 6.09 Å². The first kappa shape index (κ1) is 23.5. The topological polar surface area (TPSA) is 56.8 Å². The minimum absolute atomic E-state index is 0.109. The summed E-state index contributed by atoms with van der Waals surface area (Å²) < 4.78 is 18.1. The van der Waals surface area contributed by atoms with E-state index in [0.717, 1.165) is 50.0 Å². The number of aryl methyl sites for hydroxylation is 3.